The molecule has 1 aromatic heterocycles. The van der Waals surface area contributed by atoms with Crippen molar-refractivity contribution in [1.29, 1.82) is 0 Å². The van der Waals surface area contributed by atoms with Gasteiger partial charge in [-0.25, -0.2) is 4.98 Å². The fourth-order valence-corrected chi connectivity index (χ4v) is 1.14. The molecule has 0 fully saturated rings. The Labute approximate surface area is 96.0 Å². The Morgan fingerprint density at radius 1 is 1.79 bits per heavy atom. The summed E-state index contributed by atoms with van der Waals surface area (Å²) in [6.45, 7) is 1.92. The number of carbonyl (C=O) groups is 1. The number of anilines is 1. The second kappa shape index (κ2) is 5.32. The Balaban J connectivity index is 2.70. The molecule has 76 valence electrons. The quantitative estimate of drug-likeness (QED) is 0.863. The largest absolute Gasteiger partial charge is 0.308 e. The molecule has 0 saturated heterocycles. The summed E-state index contributed by atoms with van der Waals surface area (Å²) in [6, 6.07) is 3.39. The molecule has 1 amide bonds. The summed E-state index contributed by atoms with van der Waals surface area (Å²) in [4.78, 5) is 15.2. The van der Waals surface area contributed by atoms with Gasteiger partial charge in [0, 0.05) is 6.20 Å². The van der Waals surface area contributed by atoms with Crippen molar-refractivity contribution in [3.05, 3.63) is 23.4 Å². The third kappa shape index (κ3) is 2.96. The van der Waals surface area contributed by atoms with E-state index in [1.165, 1.54) is 0 Å². The number of carbonyl (C=O) groups excluding carboxylic acids is 1. The summed E-state index contributed by atoms with van der Waals surface area (Å²) in [5.41, 5.74) is 0. The summed E-state index contributed by atoms with van der Waals surface area (Å²) in [5.74, 6) is 0.269. The molecular formula is C9H10BrClN2O. The van der Waals surface area contributed by atoms with Gasteiger partial charge < -0.3 is 5.32 Å². The van der Waals surface area contributed by atoms with E-state index >= 15 is 0 Å². The van der Waals surface area contributed by atoms with Gasteiger partial charge in [-0.2, -0.15) is 0 Å². The predicted octanol–water partition coefficient (Wildman–Crippen LogP) is 2.85. The van der Waals surface area contributed by atoms with E-state index in [2.05, 4.69) is 26.2 Å². The lowest BCUT2D eigenvalue weighted by Gasteiger charge is -2.08. The zero-order valence-electron chi connectivity index (χ0n) is 7.63. The molecule has 5 heteroatoms. The van der Waals surface area contributed by atoms with Crippen LogP contribution >= 0.6 is 27.5 Å². The second-order valence-corrected chi connectivity index (χ2v) is 4.21. The van der Waals surface area contributed by atoms with E-state index in [9.17, 15) is 4.79 Å². The molecule has 1 N–H and O–H groups in total. The van der Waals surface area contributed by atoms with Gasteiger partial charge in [0.25, 0.3) is 0 Å². The molecule has 0 bridgehead atoms. The van der Waals surface area contributed by atoms with E-state index in [4.69, 9.17) is 11.6 Å². The molecule has 0 aliphatic rings. The van der Waals surface area contributed by atoms with Gasteiger partial charge in [-0.1, -0.05) is 34.5 Å². The van der Waals surface area contributed by atoms with Crippen molar-refractivity contribution in [2.75, 3.05) is 5.32 Å². The summed E-state index contributed by atoms with van der Waals surface area (Å²) in [7, 11) is 0. The molecular weight excluding hydrogens is 267 g/mol. The number of pyridine rings is 1. The molecule has 0 spiro atoms. The summed E-state index contributed by atoms with van der Waals surface area (Å²) >= 11 is 9.07. The third-order valence-corrected chi connectivity index (χ3v) is 3.01. The van der Waals surface area contributed by atoms with E-state index in [-0.39, 0.29) is 10.7 Å². The standard InChI is InChI=1S/C9H10BrClN2O/c1-2-6(10)9(14)13-8-7(11)4-3-5-12-8/h3-6H,2H2,1H3,(H,12,13,14). The highest BCUT2D eigenvalue weighted by atomic mass is 79.9. The first-order valence-electron chi connectivity index (χ1n) is 4.20. The van der Waals surface area contributed by atoms with E-state index in [1.807, 2.05) is 6.92 Å². The molecule has 1 rings (SSSR count). The maximum atomic E-state index is 11.4. The molecule has 0 aromatic carbocycles. The van der Waals surface area contributed by atoms with Crippen molar-refractivity contribution in [3.63, 3.8) is 0 Å². The van der Waals surface area contributed by atoms with Gasteiger partial charge >= 0.3 is 0 Å². The van der Waals surface area contributed by atoms with Crippen LogP contribution in [0.25, 0.3) is 0 Å². The average Bonchev–Trinajstić information content (AvgIpc) is 2.20. The second-order valence-electron chi connectivity index (χ2n) is 2.70. The topological polar surface area (TPSA) is 42.0 Å². The van der Waals surface area contributed by atoms with Crippen molar-refractivity contribution in [2.45, 2.75) is 18.2 Å². The van der Waals surface area contributed by atoms with Crippen molar-refractivity contribution in [3.8, 4) is 0 Å². The number of nitrogens with zero attached hydrogens (tertiary/aromatic N) is 1. The number of alkyl halides is 1. The monoisotopic (exact) mass is 276 g/mol. The van der Waals surface area contributed by atoms with E-state index in [1.54, 1.807) is 18.3 Å². The number of aromatic nitrogens is 1. The zero-order valence-corrected chi connectivity index (χ0v) is 9.97. The Morgan fingerprint density at radius 3 is 3.07 bits per heavy atom. The van der Waals surface area contributed by atoms with E-state index in [0.717, 1.165) is 6.42 Å². The van der Waals surface area contributed by atoms with Crippen LogP contribution in [0.2, 0.25) is 5.02 Å². The lowest BCUT2D eigenvalue weighted by Crippen LogP contribution is -2.22. The molecule has 0 saturated carbocycles. The fourth-order valence-electron chi connectivity index (χ4n) is 0.858. The van der Waals surface area contributed by atoms with Gasteiger partial charge in [-0.15, -0.1) is 0 Å². The number of nitrogens with one attached hydrogen (secondary N) is 1. The van der Waals surface area contributed by atoms with Crippen molar-refractivity contribution in [1.82, 2.24) is 4.98 Å². The van der Waals surface area contributed by atoms with Crippen molar-refractivity contribution < 1.29 is 4.79 Å². The minimum absolute atomic E-state index is 0.131. The SMILES string of the molecule is CCC(Br)C(=O)Nc1ncccc1Cl. The molecule has 1 heterocycles. The lowest BCUT2D eigenvalue weighted by atomic mass is 10.3. The number of hydrogen-bond acceptors (Lipinski definition) is 2. The minimum atomic E-state index is -0.208. The first-order chi connectivity index (χ1) is 6.65. The summed E-state index contributed by atoms with van der Waals surface area (Å²) in [5, 5.41) is 3.07. The number of amides is 1. The number of halogens is 2. The van der Waals surface area contributed by atoms with Crippen LogP contribution in [0, 0.1) is 0 Å². The molecule has 1 unspecified atom stereocenters. The van der Waals surface area contributed by atoms with Crippen LogP contribution in [0.5, 0.6) is 0 Å². The van der Waals surface area contributed by atoms with Crippen LogP contribution in [0.3, 0.4) is 0 Å². The van der Waals surface area contributed by atoms with Crippen LogP contribution in [-0.2, 0) is 4.79 Å². The van der Waals surface area contributed by atoms with Crippen LogP contribution in [0.1, 0.15) is 13.3 Å². The van der Waals surface area contributed by atoms with Gasteiger partial charge in [0.1, 0.15) is 0 Å². The Hall–Kier alpha value is -0.610. The average molecular weight is 278 g/mol. The van der Waals surface area contributed by atoms with Crippen LogP contribution < -0.4 is 5.32 Å². The highest BCUT2D eigenvalue weighted by Crippen LogP contribution is 2.18. The van der Waals surface area contributed by atoms with Gasteiger partial charge in [0.2, 0.25) is 5.91 Å². The number of rotatable bonds is 3. The molecule has 1 atom stereocenters. The Kier molecular flexibility index (Phi) is 4.35. The third-order valence-electron chi connectivity index (χ3n) is 1.64. The molecule has 0 aliphatic heterocycles. The molecule has 1 aromatic rings. The molecule has 0 radical (unpaired) electrons. The molecule has 0 aliphatic carbocycles. The molecule has 3 nitrogen and oxygen atoms in total. The Bertz CT molecular complexity index is 332. The van der Waals surface area contributed by atoms with Gasteiger partial charge in [-0.3, -0.25) is 4.79 Å². The fraction of sp³-hybridized carbons (Fsp3) is 0.333. The van der Waals surface area contributed by atoms with Crippen LogP contribution in [-0.4, -0.2) is 15.7 Å². The minimum Gasteiger partial charge on any atom is -0.308 e. The van der Waals surface area contributed by atoms with Gasteiger partial charge in [-0.05, 0) is 18.6 Å². The first kappa shape index (κ1) is 11.5. The van der Waals surface area contributed by atoms with Crippen molar-refractivity contribution in [2.24, 2.45) is 0 Å². The van der Waals surface area contributed by atoms with E-state index in [0.29, 0.717) is 10.8 Å². The summed E-state index contributed by atoms with van der Waals surface area (Å²) in [6.07, 6.45) is 2.30. The van der Waals surface area contributed by atoms with Gasteiger partial charge in [0.15, 0.2) is 5.82 Å². The molecule has 14 heavy (non-hydrogen) atoms. The highest BCUT2D eigenvalue weighted by Gasteiger charge is 2.13. The zero-order chi connectivity index (χ0) is 10.6. The predicted molar refractivity (Wildman–Crippen MR) is 60.9 cm³/mol. The Morgan fingerprint density at radius 2 is 2.50 bits per heavy atom. The smallest absolute Gasteiger partial charge is 0.239 e. The highest BCUT2D eigenvalue weighted by molar-refractivity contribution is 9.10. The van der Waals surface area contributed by atoms with Gasteiger partial charge in [0.05, 0.1) is 9.85 Å². The maximum Gasteiger partial charge on any atom is 0.239 e. The lowest BCUT2D eigenvalue weighted by molar-refractivity contribution is -0.115. The van der Waals surface area contributed by atoms with Crippen molar-refractivity contribution >= 4 is 39.3 Å². The van der Waals surface area contributed by atoms with E-state index < -0.39 is 0 Å². The maximum absolute atomic E-state index is 11.4. The van der Waals surface area contributed by atoms with Crippen LogP contribution in [0.15, 0.2) is 18.3 Å². The number of hydrogen-bond donors (Lipinski definition) is 1. The normalized spacial score (nSPS) is 12.2. The van der Waals surface area contributed by atoms with Crippen LogP contribution in [0.4, 0.5) is 5.82 Å². The summed E-state index contributed by atoms with van der Waals surface area (Å²) < 4.78 is 0. The first-order valence-corrected chi connectivity index (χ1v) is 5.50.